The number of amides is 1. The van der Waals surface area contributed by atoms with Gasteiger partial charge < -0.3 is 9.88 Å². The monoisotopic (exact) mass is 321 g/mol. The quantitative estimate of drug-likeness (QED) is 0.920. The molecular formula is C14H16BrN3O. The summed E-state index contributed by atoms with van der Waals surface area (Å²) >= 11 is 3.39. The molecule has 0 spiro atoms. The molecule has 19 heavy (non-hydrogen) atoms. The first kappa shape index (κ1) is 13.8. The van der Waals surface area contributed by atoms with Gasteiger partial charge in [0.1, 0.15) is 5.69 Å². The standard InChI is InChI=1S/C14H16BrN3O/c1-2-18-10-12(15)9-13(18)14(19)17-8-5-11-3-6-16-7-4-11/h3-4,6-7,9-10H,2,5,8H2,1H3,(H,17,19). The highest BCUT2D eigenvalue weighted by molar-refractivity contribution is 9.10. The van der Waals surface area contributed by atoms with Crippen LogP contribution >= 0.6 is 15.9 Å². The van der Waals surface area contributed by atoms with Crippen LogP contribution in [-0.2, 0) is 13.0 Å². The smallest absolute Gasteiger partial charge is 0.267 e. The van der Waals surface area contributed by atoms with Crippen LogP contribution in [0, 0.1) is 0 Å². The Morgan fingerprint density at radius 2 is 2.16 bits per heavy atom. The summed E-state index contributed by atoms with van der Waals surface area (Å²) in [7, 11) is 0. The largest absolute Gasteiger partial charge is 0.350 e. The van der Waals surface area contributed by atoms with Crippen molar-refractivity contribution in [2.24, 2.45) is 0 Å². The predicted octanol–water partition coefficient (Wildman–Crippen LogP) is 2.64. The second-order valence-electron chi connectivity index (χ2n) is 4.19. The summed E-state index contributed by atoms with van der Waals surface area (Å²) in [5.74, 6) is -0.0402. The molecule has 0 aliphatic heterocycles. The maximum atomic E-state index is 12.1. The third-order valence-corrected chi connectivity index (χ3v) is 3.32. The van der Waals surface area contributed by atoms with Crippen LogP contribution in [0.2, 0.25) is 0 Å². The Bertz CT molecular complexity index is 551. The van der Waals surface area contributed by atoms with Crippen LogP contribution in [0.1, 0.15) is 23.0 Å². The van der Waals surface area contributed by atoms with E-state index in [1.165, 1.54) is 5.56 Å². The summed E-state index contributed by atoms with van der Waals surface area (Å²) in [4.78, 5) is 16.0. The Balaban J connectivity index is 1.91. The summed E-state index contributed by atoms with van der Waals surface area (Å²) in [6.07, 6.45) is 6.24. The highest BCUT2D eigenvalue weighted by Crippen LogP contribution is 2.14. The van der Waals surface area contributed by atoms with Crippen LogP contribution in [0.5, 0.6) is 0 Å². The summed E-state index contributed by atoms with van der Waals surface area (Å²) in [5, 5.41) is 2.93. The van der Waals surface area contributed by atoms with Crippen molar-refractivity contribution in [2.75, 3.05) is 6.54 Å². The minimum Gasteiger partial charge on any atom is -0.350 e. The van der Waals surface area contributed by atoms with E-state index in [4.69, 9.17) is 0 Å². The van der Waals surface area contributed by atoms with Gasteiger partial charge >= 0.3 is 0 Å². The molecule has 1 N–H and O–H groups in total. The van der Waals surface area contributed by atoms with E-state index in [1.807, 2.05) is 35.9 Å². The van der Waals surface area contributed by atoms with Crippen molar-refractivity contribution >= 4 is 21.8 Å². The number of rotatable bonds is 5. The van der Waals surface area contributed by atoms with Crippen molar-refractivity contribution in [3.8, 4) is 0 Å². The number of halogens is 1. The molecule has 0 radical (unpaired) electrons. The van der Waals surface area contributed by atoms with Crippen LogP contribution < -0.4 is 5.32 Å². The van der Waals surface area contributed by atoms with Gasteiger partial charge in [-0.3, -0.25) is 9.78 Å². The zero-order valence-corrected chi connectivity index (χ0v) is 12.4. The van der Waals surface area contributed by atoms with Gasteiger partial charge in [-0.05, 0) is 53.0 Å². The van der Waals surface area contributed by atoms with Gasteiger partial charge in [-0.15, -0.1) is 0 Å². The average molecular weight is 322 g/mol. The topological polar surface area (TPSA) is 46.9 Å². The van der Waals surface area contributed by atoms with Gasteiger partial charge in [0.2, 0.25) is 0 Å². The Hall–Kier alpha value is -1.62. The van der Waals surface area contributed by atoms with Gasteiger partial charge in [0.25, 0.3) is 5.91 Å². The van der Waals surface area contributed by atoms with E-state index in [-0.39, 0.29) is 5.91 Å². The van der Waals surface area contributed by atoms with Gasteiger partial charge in [-0.2, -0.15) is 0 Å². The number of carbonyl (C=O) groups is 1. The molecule has 0 saturated carbocycles. The van der Waals surface area contributed by atoms with E-state index in [9.17, 15) is 4.79 Å². The number of aryl methyl sites for hydroxylation is 1. The fourth-order valence-electron chi connectivity index (χ4n) is 1.89. The predicted molar refractivity (Wildman–Crippen MR) is 78.1 cm³/mol. The van der Waals surface area contributed by atoms with E-state index >= 15 is 0 Å². The lowest BCUT2D eigenvalue weighted by molar-refractivity contribution is 0.0945. The lowest BCUT2D eigenvalue weighted by Crippen LogP contribution is -2.27. The molecular weight excluding hydrogens is 306 g/mol. The molecule has 2 aromatic rings. The normalized spacial score (nSPS) is 10.4. The fraction of sp³-hybridized carbons (Fsp3) is 0.286. The summed E-state index contributed by atoms with van der Waals surface area (Å²) in [5.41, 5.74) is 1.85. The van der Waals surface area contributed by atoms with Crippen molar-refractivity contribution in [1.29, 1.82) is 0 Å². The first-order valence-electron chi connectivity index (χ1n) is 6.23. The van der Waals surface area contributed by atoms with Crippen molar-refractivity contribution in [3.05, 3.63) is 52.5 Å². The number of nitrogens with zero attached hydrogens (tertiary/aromatic N) is 2. The van der Waals surface area contributed by atoms with Gasteiger partial charge in [0, 0.05) is 36.2 Å². The van der Waals surface area contributed by atoms with Gasteiger partial charge in [0.05, 0.1) is 0 Å². The molecule has 0 aliphatic rings. The first-order chi connectivity index (χ1) is 9.20. The molecule has 2 rings (SSSR count). The van der Waals surface area contributed by atoms with Crippen LogP contribution in [0.3, 0.4) is 0 Å². The Morgan fingerprint density at radius 1 is 1.42 bits per heavy atom. The van der Waals surface area contributed by atoms with Crippen LogP contribution in [0.15, 0.2) is 41.3 Å². The van der Waals surface area contributed by atoms with E-state index in [0.717, 1.165) is 17.4 Å². The van der Waals surface area contributed by atoms with Crippen molar-refractivity contribution in [1.82, 2.24) is 14.9 Å². The van der Waals surface area contributed by atoms with Crippen molar-refractivity contribution < 1.29 is 4.79 Å². The Kier molecular flexibility index (Phi) is 4.74. The lowest BCUT2D eigenvalue weighted by Gasteiger charge is -2.07. The third kappa shape index (κ3) is 3.67. The van der Waals surface area contributed by atoms with Crippen molar-refractivity contribution in [2.45, 2.75) is 19.9 Å². The van der Waals surface area contributed by atoms with Gasteiger partial charge in [-0.1, -0.05) is 0 Å². The number of hydrogen-bond donors (Lipinski definition) is 1. The van der Waals surface area contributed by atoms with Crippen molar-refractivity contribution in [3.63, 3.8) is 0 Å². The highest BCUT2D eigenvalue weighted by Gasteiger charge is 2.11. The summed E-state index contributed by atoms with van der Waals surface area (Å²) in [6.45, 7) is 3.41. The van der Waals surface area contributed by atoms with Gasteiger partial charge in [0.15, 0.2) is 0 Å². The molecule has 0 atom stereocenters. The van der Waals surface area contributed by atoms with Crippen LogP contribution in [0.25, 0.3) is 0 Å². The third-order valence-electron chi connectivity index (χ3n) is 2.89. The second-order valence-corrected chi connectivity index (χ2v) is 5.11. The second kappa shape index (κ2) is 6.52. The maximum Gasteiger partial charge on any atom is 0.267 e. The number of aromatic nitrogens is 2. The fourth-order valence-corrected chi connectivity index (χ4v) is 2.35. The molecule has 2 heterocycles. The number of carbonyl (C=O) groups excluding carboxylic acids is 1. The molecule has 2 aromatic heterocycles. The van der Waals surface area contributed by atoms with Gasteiger partial charge in [-0.25, -0.2) is 0 Å². The minimum absolute atomic E-state index is 0.0402. The zero-order chi connectivity index (χ0) is 13.7. The van der Waals surface area contributed by atoms with Crippen LogP contribution in [-0.4, -0.2) is 22.0 Å². The molecule has 1 amide bonds. The summed E-state index contributed by atoms with van der Waals surface area (Å²) < 4.78 is 2.85. The number of hydrogen-bond acceptors (Lipinski definition) is 2. The Morgan fingerprint density at radius 3 is 2.84 bits per heavy atom. The Labute approximate surface area is 121 Å². The average Bonchev–Trinajstić information content (AvgIpc) is 2.81. The molecule has 0 saturated heterocycles. The molecule has 0 aliphatic carbocycles. The molecule has 0 aromatic carbocycles. The molecule has 0 bridgehead atoms. The SMILES string of the molecule is CCn1cc(Br)cc1C(=O)NCCc1ccncc1. The maximum absolute atomic E-state index is 12.1. The molecule has 100 valence electrons. The van der Waals surface area contributed by atoms with E-state index in [1.54, 1.807) is 12.4 Å². The molecule has 0 unspecified atom stereocenters. The van der Waals surface area contributed by atoms with E-state index in [2.05, 4.69) is 26.2 Å². The number of pyridine rings is 1. The minimum atomic E-state index is -0.0402. The lowest BCUT2D eigenvalue weighted by atomic mass is 10.2. The highest BCUT2D eigenvalue weighted by atomic mass is 79.9. The van der Waals surface area contributed by atoms with E-state index in [0.29, 0.717) is 12.2 Å². The molecule has 0 fully saturated rings. The van der Waals surface area contributed by atoms with E-state index < -0.39 is 0 Å². The molecule has 5 heteroatoms. The molecule has 4 nitrogen and oxygen atoms in total. The zero-order valence-electron chi connectivity index (χ0n) is 10.8. The number of nitrogens with one attached hydrogen (secondary N) is 1. The summed E-state index contributed by atoms with van der Waals surface area (Å²) in [6, 6.07) is 5.75. The first-order valence-corrected chi connectivity index (χ1v) is 7.02. The van der Waals surface area contributed by atoms with Crippen LogP contribution in [0.4, 0.5) is 0 Å².